The minimum absolute atomic E-state index is 0.0869. The molecule has 0 saturated carbocycles. The van der Waals surface area contributed by atoms with Crippen molar-refractivity contribution in [3.8, 4) is 0 Å². The van der Waals surface area contributed by atoms with Crippen LogP contribution in [0.25, 0.3) is 0 Å². The lowest BCUT2D eigenvalue weighted by molar-refractivity contribution is -0.140. The fraction of sp³-hybridized carbons (Fsp3) is 0.440. The number of sulfonamides is 1. The van der Waals surface area contributed by atoms with Crippen LogP contribution in [0.5, 0.6) is 0 Å². The number of anilines is 1. The van der Waals surface area contributed by atoms with E-state index in [1.54, 1.807) is 18.2 Å². The zero-order valence-electron chi connectivity index (χ0n) is 20.6. The number of carbonyl (C=O) groups excluding carboxylic acids is 2. The third kappa shape index (κ3) is 7.56. The highest BCUT2D eigenvalue weighted by atomic mass is 79.9. The van der Waals surface area contributed by atoms with E-state index in [0.29, 0.717) is 12.1 Å². The van der Waals surface area contributed by atoms with Crippen LogP contribution in [0, 0.1) is 13.8 Å². The van der Waals surface area contributed by atoms with Gasteiger partial charge in [0, 0.05) is 17.1 Å². The van der Waals surface area contributed by atoms with Crippen LogP contribution in [0.3, 0.4) is 0 Å². The quantitative estimate of drug-likeness (QED) is 0.480. The first-order valence-corrected chi connectivity index (χ1v) is 13.9. The summed E-state index contributed by atoms with van der Waals surface area (Å²) in [5.41, 5.74) is 3.18. The standard InChI is InChI=1S/C25H34BrN3O4S/c1-7-23(25(31)27-17(2)3)28(15-20-10-8-18(4)9-11-20)24(30)16-29(34(6,32)33)21-12-13-22(26)19(5)14-21/h8-14,17,23H,7,15-16H2,1-6H3,(H,27,31). The fourth-order valence-electron chi connectivity index (χ4n) is 3.59. The van der Waals surface area contributed by atoms with E-state index in [1.165, 1.54) is 4.90 Å². The van der Waals surface area contributed by atoms with Gasteiger partial charge >= 0.3 is 0 Å². The van der Waals surface area contributed by atoms with Gasteiger partial charge in [-0.15, -0.1) is 0 Å². The van der Waals surface area contributed by atoms with Gasteiger partial charge in [0.15, 0.2) is 0 Å². The van der Waals surface area contributed by atoms with Gasteiger partial charge in [-0.3, -0.25) is 13.9 Å². The number of hydrogen-bond acceptors (Lipinski definition) is 4. The summed E-state index contributed by atoms with van der Waals surface area (Å²) in [4.78, 5) is 28.1. The van der Waals surface area contributed by atoms with E-state index in [2.05, 4.69) is 21.2 Å². The van der Waals surface area contributed by atoms with Crippen molar-refractivity contribution in [2.45, 2.75) is 59.7 Å². The van der Waals surface area contributed by atoms with Gasteiger partial charge in [0.1, 0.15) is 12.6 Å². The monoisotopic (exact) mass is 551 g/mol. The normalized spacial score (nSPS) is 12.4. The number of aryl methyl sites for hydroxylation is 2. The maximum absolute atomic E-state index is 13.6. The molecule has 1 N–H and O–H groups in total. The highest BCUT2D eigenvalue weighted by Gasteiger charge is 2.32. The molecule has 1 unspecified atom stereocenters. The van der Waals surface area contributed by atoms with E-state index in [0.717, 1.165) is 31.7 Å². The largest absolute Gasteiger partial charge is 0.352 e. The third-order valence-electron chi connectivity index (χ3n) is 5.40. The predicted octanol–water partition coefficient (Wildman–Crippen LogP) is 4.16. The minimum Gasteiger partial charge on any atom is -0.352 e. The molecule has 0 aliphatic heterocycles. The van der Waals surface area contributed by atoms with Crippen molar-refractivity contribution in [1.82, 2.24) is 10.2 Å². The number of carbonyl (C=O) groups is 2. The zero-order chi connectivity index (χ0) is 25.6. The van der Waals surface area contributed by atoms with Crippen molar-refractivity contribution in [2.75, 3.05) is 17.1 Å². The summed E-state index contributed by atoms with van der Waals surface area (Å²) >= 11 is 3.42. The maximum atomic E-state index is 13.6. The Morgan fingerprint density at radius 1 is 1.06 bits per heavy atom. The van der Waals surface area contributed by atoms with Crippen LogP contribution >= 0.6 is 15.9 Å². The van der Waals surface area contributed by atoms with Crippen LogP contribution in [-0.2, 0) is 26.2 Å². The molecule has 7 nitrogen and oxygen atoms in total. The van der Waals surface area contributed by atoms with Crippen molar-refractivity contribution in [3.05, 3.63) is 63.6 Å². The first-order chi connectivity index (χ1) is 15.8. The lowest BCUT2D eigenvalue weighted by atomic mass is 10.1. The molecule has 0 aliphatic carbocycles. The number of nitrogens with one attached hydrogen (secondary N) is 1. The molecule has 9 heteroatoms. The summed E-state index contributed by atoms with van der Waals surface area (Å²) in [5.74, 6) is -0.708. The second-order valence-electron chi connectivity index (χ2n) is 8.80. The molecule has 34 heavy (non-hydrogen) atoms. The molecule has 0 bridgehead atoms. The van der Waals surface area contributed by atoms with Crippen LogP contribution in [-0.4, -0.2) is 50.0 Å². The molecule has 0 heterocycles. The lowest BCUT2D eigenvalue weighted by Gasteiger charge is -2.33. The number of nitrogens with zero attached hydrogens (tertiary/aromatic N) is 2. The van der Waals surface area contributed by atoms with Gasteiger partial charge in [-0.1, -0.05) is 52.7 Å². The maximum Gasteiger partial charge on any atom is 0.244 e. The van der Waals surface area contributed by atoms with Crippen molar-refractivity contribution < 1.29 is 18.0 Å². The molecule has 2 amide bonds. The molecule has 0 aliphatic rings. The van der Waals surface area contributed by atoms with E-state index in [9.17, 15) is 18.0 Å². The van der Waals surface area contributed by atoms with E-state index in [1.807, 2.05) is 58.9 Å². The fourth-order valence-corrected chi connectivity index (χ4v) is 4.68. The molecule has 0 spiro atoms. The molecule has 1 atom stereocenters. The molecule has 2 aromatic carbocycles. The first-order valence-electron chi connectivity index (χ1n) is 11.2. The summed E-state index contributed by atoms with van der Waals surface area (Å²) in [6, 6.07) is 12.0. The average molecular weight is 553 g/mol. The Morgan fingerprint density at radius 3 is 2.18 bits per heavy atom. The Kier molecular flexibility index (Phi) is 9.70. The van der Waals surface area contributed by atoms with Gasteiger partial charge in [0.2, 0.25) is 21.8 Å². The Morgan fingerprint density at radius 2 is 1.68 bits per heavy atom. The number of benzene rings is 2. The van der Waals surface area contributed by atoms with Gasteiger partial charge in [-0.2, -0.15) is 0 Å². The van der Waals surface area contributed by atoms with Gasteiger partial charge in [0.25, 0.3) is 0 Å². The zero-order valence-corrected chi connectivity index (χ0v) is 23.0. The summed E-state index contributed by atoms with van der Waals surface area (Å²) in [7, 11) is -3.76. The number of amides is 2. The molecule has 0 aromatic heterocycles. The summed E-state index contributed by atoms with van der Waals surface area (Å²) in [5, 5.41) is 2.88. The van der Waals surface area contributed by atoms with Crippen molar-refractivity contribution in [2.24, 2.45) is 0 Å². The predicted molar refractivity (Wildman–Crippen MR) is 140 cm³/mol. The summed E-state index contributed by atoms with van der Waals surface area (Å²) < 4.78 is 27.3. The van der Waals surface area contributed by atoms with Gasteiger partial charge in [-0.25, -0.2) is 8.42 Å². The van der Waals surface area contributed by atoms with Gasteiger partial charge in [0.05, 0.1) is 11.9 Å². The van der Waals surface area contributed by atoms with Crippen molar-refractivity contribution in [1.29, 1.82) is 0 Å². The lowest BCUT2D eigenvalue weighted by Crippen LogP contribution is -2.53. The van der Waals surface area contributed by atoms with Crippen LogP contribution in [0.4, 0.5) is 5.69 Å². The molecular formula is C25H34BrN3O4S. The third-order valence-corrected chi connectivity index (χ3v) is 7.43. The van der Waals surface area contributed by atoms with E-state index < -0.39 is 28.5 Å². The Bertz CT molecular complexity index is 1120. The highest BCUT2D eigenvalue weighted by molar-refractivity contribution is 9.10. The second kappa shape index (κ2) is 11.8. The number of halogens is 1. The SMILES string of the molecule is CCC(C(=O)NC(C)C)N(Cc1ccc(C)cc1)C(=O)CN(c1ccc(Br)c(C)c1)S(C)(=O)=O. The van der Waals surface area contributed by atoms with E-state index >= 15 is 0 Å². The Hall–Kier alpha value is -2.39. The van der Waals surface area contributed by atoms with Crippen LogP contribution in [0.1, 0.15) is 43.9 Å². The molecular weight excluding hydrogens is 518 g/mol. The van der Waals surface area contributed by atoms with Gasteiger partial charge in [-0.05, 0) is 63.4 Å². The Labute approximate surface area is 211 Å². The molecule has 0 fully saturated rings. The number of hydrogen-bond donors (Lipinski definition) is 1. The molecule has 0 saturated heterocycles. The van der Waals surface area contributed by atoms with E-state index in [-0.39, 0.29) is 18.5 Å². The van der Waals surface area contributed by atoms with Crippen molar-refractivity contribution in [3.63, 3.8) is 0 Å². The highest BCUT2D eigenvalue weighted by Crippen LogP contribution is 2.25. The smallest absolute Gasteiger partial charge is 0.244 e. The first kappa shape index (κ1) is 27.9. The van der Waals surface area contributed by atoms with Crippen LogP contribution < -0.4 is 9.62 Å². The average Bonchev–Trinajstić information content (AvgIpc) is 2.74. The Balaban J connectivity index is 2.45. The van der Waals surface area contributed by atoms with Crippen LogP contribution in [0.15, 0.2) is 46.9 Å². The summed E-state index contributed by atoms with van der Waals surface area (Å²) in [6.45, 7) is 9.17. The molecule has 0 radical (unpaired) electrons. The van der Waals surface area contributed by atoms with Crippen LogP contribution in [0.2, 0.25) is 0 Å². The molecule has 2 aromatic rings. The minimum atomic E-state index is -3.76. The molecule has 186 valence electrons. The topological polar surface area (TPSA) is 86.8 Å². The molecule has 2 rings (SSSR count). The number of rotatable bonds is 10. The van der Waals surface area contributed by atoms with Crippen molar-refractivity contribution >= 4 is 43.5 Å². The van der Waals surface area contributed by atoms with Gasteiger partial charge < -0.3 is 10.2 Å². The second-order valence-corrected chi connectivity index (χ2v) is 11.6. The summed E-state index contributed by atoms with van der Waals surface area (Å²) in [6.07, 6.45) is 1.47. The van der Waals surface area contributed by atoms with E-state index in [4.69, 9.17) is 0 Å².